The minimum absolute atomic E-state index is 0.423. The number of hydrogen-bond acceptors (Lipinski definition) is 4. The van der Waals surface area contributed by atoms with E-state index in [-0.39, 0.29) is 0 Å². The Morgan fingerprint density at radius 3 is 2.57 bits per heavy atom. The first-order chi connectivity index (χ1) is 13.7. The predicted molar refractivity (Wildman–Crippen MR) is 116 cm³/mol. The molecular formula is C24H34N2O2. The monoisotopic (exact) mass is 382 g/mol. The minimum atomic E-state index is 0.423. The molecule has 0 spiro atoms. The summed E-state index contributed by atoms with van der Waals surface area (Å²) in [7, 11) is 3.38. The summed E-state index contributed by atoms with van der Waals surface area (Å²) < 4.78 is 10.9. The van der Waals surface area contributed by atoms with Crippen LogP contribution in [0.2, 0.25) is 0 Å². The number of nitrogens with zero attached hydrogens (tertiary/aromatic N) is 1. The summed E-state index contributed by atoms with van der Waals surface area (Å²) in [6, 6.07) is 17.5. The molecule has 2 aromatic carbocycles. The first-order valence-electron chi connectivity index (χ1n) is 10.4. The van der Waals surface area contributed by atoms with Crippen LogP contribution >= 0.6 is 0 Å². The van der Waals surface area contributed by atoms with Gasteiger partial charge in [-0.25, -0.2) is 0 Å². The van der Waals surface area contributed by atoms with Crippen LogP contribution in [0.15, 0.2) is 48.5 Å². The highest BCUT2D eigenvalue weighted by atomic mass is 16.5. The molecule has 0 aliphatic carbocycles. The third kappa shape index (κ3) is 5.49. The van der Waals surface area contributed by atoms with Gasteiger partial charge in [-0.1, -0.05) is 43.3 Å². The first-order valence-corrected chi connectivity index (χ1v) is 10.4. The fourth-order valence-corrected chi connectivity index (χ4v) is 4.06. The lowest BCUT2D eigenvalue weighted by molar-refractivity contribution is 0.184. The highest BCUT2D eigenvalue weighted by Crippen LogP contribution is 2.32. The minimum Gasteiger partial charge on any atom is -0.493 e. The molecule has 1 N–H and O–H groups in total. The van der Waals surface area contributed by atoms with Crippen molar-refractivity contribution in [1.29, 1.82) is 0 Å². The second-order valence-electron chi connectivity index (χ2n) is 7.71. The van der Waals surface area contributed by atoms with Gasteiger partial charge in [0.15, 0.2) is 11.5 Å². The molecule has 3 rings (SSSR count). The van der Waals surface area contributed by atoms with E-state index >= 15 is 0 Å². The van der Waals surface area contributed by atoms with Crippen molar-refractivity contribution >= 4 is 0 Å². The molecular weight excluding hydrogens is 348 g/mol. The standard InChI is InChI=1S/C24H34N2O2/c1-19(21-12-13-23(27-2)24(17-21)28-3)22-18-26(16-14-25-22)15-8-7-11-20-9-5-4-6-10-20/h4-6,9-10,12-13,17,19,22,25H,7-8,11,14-16,18H2,1-3H3. The number of ether oxygens (including phenoxy) is 2. The van der Waals surface area contributed by atoms with E-state index in [1.165, 1.54) is 36.9 Å². The summed E-state index contributed by atoms with van der Waals surface area (Å²) in [4.78, 5) is 2.61. The lowest BCUT2D eigenvalue weighted by atomic mass is 9.91. The molecule has 4 heteroatoms. The Hall–Kier alpha value is -2.04. The van der Waals surface area contributed by atoms with Crippen LogP contribution < -0.4 is 14.8 Å². The van der Waals surface area contributed by atoms with Crippen molar-refractivity contribution in [2.45, 2.75) is 38.1 Å². The molecule has 1 fully saturated rings. The largest absolute Gasteiger partial charge is 0.493 e. The molecule has 28 heavy (non-hydrogen) atoms. The van der Waals surface area contributed by atoms with Gasteiger partial charge < -0.3 is 19.7 Å². The molecule has 1 heterocycles. The predicted octanol–water partition coefficient (Wildman–Crippen LogP) is 4.10. The third-order valence-corrected chi connectivity index (χ3v) is 5.86. The fraction of sp³-hybridized carbons (Fsp3) is 0.500. The van der Waals surface area contributed by atoms with E-state index in [4.69, 9.17) is 9.47 Å². The summed E-state index contributed by atoms with van der Waals surface area (Å²) in [5, 5.41) is 3.72. The maximum Gasteiger partial charge on any atom is 0.160 e. The smallest absolute Gasteiger partial charge is 0.160 e. The van der Waals surface area contributed by atoms with Gasteiger partial charge in [0.2, 0.25) is 0 Å². The van der Waals surface area contributed by atoms with Crippen LogP contribution in [-0.2, 0) is 6.42 Å². The zero-order valence-electron chi connectivity index (χ0n) is 17.5. The normalized spacial score (nSPS) is 18.6. The Labute approximate surface area is 169 Å². The Morgan fingerprint density at radius 1 is 1.04 bits per heavy atom. The lowest BCUT2D eigenvalue weighted by Crippen LogP contribution is -2.52. The van der Waals surface area contributed by atoms with E-state index < -0.39 is 0 Å². The van der Waals surface area contributed by atoms with E-state index in [0.717, 1.165) is 31.1 Å². The number of unbranched alkanes of at least 4 members (excludes halogenated alkanes) is 1. The van der Waals surface area contributed by atoms with Crippen LogP contribution in [0.3, 0.4) is 0 Å². The van der Waals surface area contributed by atoms with Crippen molar-refractivity contribution < 1.29 is 9.47 Å². The van der Waals surface area contributed by atoms with Crippen molar-refractivity contribution in [2.24, 2.45) is 0 Å². The molecule has 2 unspecified atom stereocenters. The van der Waals surface area contributed by atoms with Crippen LogP contribution in [0.1, 0.15) is 36.8 Å². The van der Waals surface area contributed by atoms with Crippen molar-refractivity contribution in [3.63, 3.8) is 0 Å². The van der Waals surface area contributed by atoms with Crippen molar-refractivity contribution in [3.05, 3.63) is 59.7 Å². The molecule has 0 amide bonds. The van der Waals surface area contributed by atoms with Crippen LogP contribution in [0, 0.1) is 0 Å². The van der Waals surface area contributed by atoms with Crippen molar-refractivity contribution in [3.8, 4) is 11.5 Å². The van der Waals surface area contributed by atoms with Gasteiger partial charge in [-0.2, -0.15) is 0 Å². The second-order valence-corrected chi connectivity index (χ2v) is 7.71. The number of benzene rings is 2. The molecule has 2 aromatic rings. The SMILES string of the molecule is COc1ccc(C(C)C2CN(CCCCc3ccccc3)CCN2)cc1OC. The lowest BCUT2D eigenvalue weighted by Gasteiger charge is -2.37. The summed E-state index contributed by atoms with van der Waals surface area (Å²) in [6.07, 6.45) is 3.69. The third-order valence-electron chi connectivity index (χ3n) is 5.86. The Bertz CT molecular complexity index is 720. The molecule has 0 aromatic heterocycles. The van der Waals surface area contributed by atoms with Crippen molar-refractivity contribution in [2.75, 3.05) is 40.4 Å². The topological polar surface area (TPSA) is 33.7 Å². The molecule has 0 saturated carbocycles. The van der Waals surface area contributed by atoms with Crippen LogP contribution in [-0.4, -0.2) is 51.3 Å². The molecule has 1 aliphatic heterocycles. The van der Waals surface area contributed by atoms with Crippen LogP contribution in [0.5, 0.6) is 11.5 Å². The Balaban J connectivity index is 1.50. The number of piperazine rings is 1. The van der Waals surface area contributed by atoms with Gasteiger partial charge in [0.1, 0.15) is 0 Å². The van der Waals surface area contributed by atoms with Gasteiger partial charge in [0.25, 0.3) is 0 Å². The quantitative estimate of drug-likeness (QED) is 0.662. The Kier molecular flexibility index (Phi) is 7.75. The molecule has 0 radical (unpaired) electrons. The van der Waals surface area contributed by atoms with E-state index in [9.17, 15) is 0 Å². The van der Waals surface area contributed by atoms with Gasteiger partial charge in [-0.05, 0) is 55.0 Å². The first kappa shape index (κ1) is 20.7. The molecule has 2 atom stereocenters. The highest BCUT2D eigenvalue weighted by Gasteiger charge is 2.25. The number of rotatable bonds is 9. The van der Waals surface area contributed by atoms with E-state index in [1.54, 1.807) is 14.2 Å². The summed E-state index contributed by atoms with van der Waals surface area (Å²) in [5.74, 6) is 2.02. The molecule has 152 valence electrons. The van der Waals surface area contributed by atoms with E-state index in [2.05, 4.69) is 59.6 Å². The highest BCUT2D eigenvalue weighted by molar-refractivity contribution is 5.44. The maximum atomic E-state index is 5.48. The van der Waals surface area contributed by atoms with Gasteiger partial charge in [0.05, 0.1) is 14.2 Å². The number of methoxy groups -OCH3 is 2. The summed E-state index contributed by atoms with van der Waals surface area (Å²) in [6.45, 7) is 6.78. The average Bonchev–Trinajstić information content (AvgIpc) is 2.76. The average molecular weight is 383 g/mol. The maximum absolute atomic E-state index is 5.48. The number of aryl methyl sites for hydroxylation is 1. The van der Waals surface area contributed by atoms with Crippen molar-refractivity contribution in [1.82, 2.24) is 10.2 Å². The zero-order chi connectivity index (χ0) is 19.8. The van der Waals surface area contributed by atoms with Crippen LogP contribution in [0.4, 0.5) is 0 Å². The summed E-state index contributed by atoms with van der Waals surface area (Å²) >= 11 is 0. The second kappa shape index (κ2) is 10.5. The molecule has 1 saturated heterocycles. The van der Waals surface area contributed by atoms with Gasteiger partial charge in [-0.3, -0.25) is 0 Å². The van der Waals surface area contributed by atoms with Gasteiger partial charge in [-0.15, -0.1) is 0 Å². The summed E-state index contributed by atoms with van der Waals surface area (Å²) in [5.41, 5.74) is 2.74. The van der Waals surface area contributed by atoms with Gasteiger partial charge >= 0.3 is 0 Å². The Morgan fingerprint density at radius 2 is 1.82 bits per heavy atom. The molecule has 1 aliphatic rings. The molecule has 4 nitrogen and oxygen atoms in total. The number of hydrogen-bond donors (Lipinski definition) is 1. The zero-order valence-corrected chi connectivity index (χ0v) is 17.5. The number of nitrogens with one attached hydrogen (secondary N) is 1. The molecule has 0 bridgehead atoms. The van der Waals surface area contributed by atoms with Gasteiger partial charge in [0, 0.05) is 25.7 Å². The van der Waals surface area contributed by atoms with E-state index in [0.29, 0.717) is 12.0 Å². The van der Waals surface area contributed by atoms with E-state index in [1.807, 2.05) is 6.07 Å². The fourth-order valence-electron chi connectivity index (χ4n) is 4.06. The van der Waals surface area contributed by atoms with Crippen LogP contribution in [0.25, 0.3) is 0 Å².